The number of nitrogens with zero attached hydrogens (tertiary/aromatic N) is 1. The maximum absolute atomic E-state index is 11.4. The van der Waals surface area contributed by atoms with Gasteiger partial charge in [0.05, 0.1) is 11.8 Å². The lowest BCUT2D eigenvalue weighted by atomic mass is 9.88. The Hall–Kier alpha value is -1.10. The summed E-state index contributed by atoms with van der Waals surface area (Å²) in [4.78, 5) is 35.5. The minimum absolute atomic E-state index is 0.0764. The Labute approximate surface area is 91.7 Å². The van der Waals surface area contributed by atoms with Crippen molar-refractivity contribution in [3.63, 3.8) is 0 Å². The summed E-state index contributed by atoms with van der Waals surface area (Å²) in [5.74, 6) is -1.36. The number of nitrogens with one attached hydrogen (secondary N) is 1. The number of fused-ring (bicyclic) bond motifs is 1. The van der Waals surface area contributed by atoms with Crippen LogP contribution in [0.4, 0.5) is 0 Å². The van der Waals surface area contributed by atoms with E-state index in [0.29, 0.717) is 19.5 Å². The first-order chi connectivity index (χ1) is 7.13. The van der Waals surface area contributed by atoms with Crippen LogP contribution in [0.25, 0.3) is 0 Å². The van der Waals surface area contributed by atoms with Gasteiger partial charge in [-0.3, -0.25) is 19.7 Å². The van der Waals surface area contributed by atoms with Crippen molar-refractivity contribution in [2.24, 2.45) is 11.8 Å². The highest BCUT2D eigenvalue weighted by Gasteiger charge is 2.45. The zero-order valence-corrected chi connectivity index (χ0v) is 8.79. The molecular formula is C9H11ClN2O3. The molecule has 2 atom stereocenters. The van der Waals surface area contributed by atoms with Gasteiger partial charge in [-0.05, 0) is 6.42 Å². The Bertz CT molecular complexity index is 331. The number of halogens is 1. The molecular weight excluding hydrogens is 220 g/mol. The van der Waals surface area contributed by atoms with Gasteiger partial charge in [0.15, 0.2) is 0 Å². The standard InChI is InChI=1S/C9H11ClN2O3/c10-3-7(13)12-2-1-5-6(4-12)9(15)11-8(5)14/h5-6H,1-4H2,(H,11,14,15). The zero-order chi connectivity index (χ0) is 11.0. The van der Waals surface area contributed by atoms with Crippen molar-refractivity contribution in [3.05, 3.63) is 0 Å². The molecule has 0 aromatic heterocycles. The van der Waals surface area contributed by atoms with E-state index < -0.39 is 0 Å². The number of imide groups is 1. The number of alkyl halides is 1. The second-order valence-electron chi connectivity index (χ2n) is 3.83. The highest BCUT2D eigenvalue weighted by atomic mass is 35.5. The molecule has 2 unspecified atom stereocenters. The van der Waals surface area contributed by atoms with Crippen molar-refractivity contribution in [3.8, 4) is 0 Å². The van der Waals surface area contributed by atoms with Gasteiger partial charge in [0, 0.05) is 13.1 Å². The third-order valence-corrected chi connectivity index (χ3v) is 3.23. The number of hydrogen-bond donors (Lipinski definition) is 1. The first-order valence-corrected chi connectivity index (χ1v) is 5.35. The summed E-state index contributed by atoms with van der Waals surface area (Å²) in [6, 6.07) is 0. The Morgan fingerprint density at radius 2 is 2.07 bits per heavy atom. The number of piperidine rings is 1. The Morgan fingerprint density at radius 1 is 1.40 bits per heavy atom. The fourth-order valence-corrected chi connectivity index (χ4v) is 2.32. The summed E-state index contributed by atoms with van der Waals surface area (Å²) in [6.45, 7) is 0.821. The largest absolute Gasteiger partial charge is 0.341 e. The minimum atomic E-state index is -0.376. The summed E-state index contributed by atoms with van der Waals surface area (Å²) >= 11 is 5.43. The van der Waals surface area contributed by atoms with Gasteiger partial charge in [0.25, 0.3) is 0 Å². The Balaban J connectivity index is 2.08. The SMILES string of the molecule is O=C1NC(=O)C2CN(C(=O)CCl)CCC12. The van der Waals surface area contributed by atoms with E-state index in [9.17, 15) is 14.4 Å². The average molecular weight is 231 g/mol. The molecule has 2 rings (SSSR count). The molecule has 0 saturated carbocycles. The predicted octanol–water partition coefficient (Wildman–Crippen LogP) is -0.654. The van der Waals surface area contributed by atoms with E-state index in [-0.39, 0.29) is 35.4 Å². The van der Waals surface area contributed by atoms with E-state index >= 15 is 0 Å². The van der Waals surface area contributed by atoms with E-state index in [1.165, 1.54) is 0 Å². The van der Waals surface area contributed by atoms with E-state index in [2.05, 4.69) is 5.32 Å². The number of likely N-dealkylation sites (tertiary alicyclic amines) is 1. The van der Waals surface area contributed by atoms with Gasteiger partial charge in [-0.25, -0.2) is 0 Å². The predicted molar refractivity (Wildman–Crippen MR) is 52.0 cm³/mol. The highest BCUT2D eigenvalue weighted by molar-refractivity contribution is 6.27. The van der Waals surface area contributed by atoms with E-state index in [0.717, 1.165) is 0 Å². The maximum Gasteiger partial charge on any atom is 0.237 e. The van der Waals surface area contributed by atoms with Gasteiger partial charge in [-0.2, -0.15) is 0 Å². The number of carbonyl (C=O) groups excluding carboxylic acids is 3. The summed E-state index contributed by atoms with van der Waals surface area (Å²) in [5.41, 5.74) is 0. The van der Waals surface area contributed by atoms with Crippen LogP contribution in [-0.2, 0) is 14.4 Å². The van der Waals surface area contributed by atoms with Crippen molar-refractivity contribution in [2.75, 3.05) is 19.0 Å². The van der Waals surface area contributed by atoms with Gasteiger partial charge in [-0.15, -0.1) is 11.6 Å². The van der Waals surface area contributed by atoms with Gasteiger partial charge >= 0.3 is 0 Å². The first-order valence-electron chi connectivity index (χ1n) is 4.82. The van der Waals surface area contributed by atoms with Crippen molar-refractivity contribution >= 4 is 29.3 Å². The quantitative estimate of drug-likeness (QED) is 0.481. The van der Waals surface area contributed by atoms with Crippen molar-refractivity contribution in [1.29, 1.82) is 0 Å². The van der Waals surface area contributed by atoms with Gasteiger partial charge in [0.2, 0.25) is 17.7 Å². The summed E-state index contributed by atoms with van der Waals surface area (Å²) in [6.07, 6.45) is 0.546. The molecule has 2 aliphatic heterocycles. The maximum atomic E-state index is 11.4. The first kappa shape index (κ1) is 10.4. The monoisotopic (exact) mass is 230 g/mol. The molecule has 0 spiro atoms. The molecule has 6 heteroatoms. The van der Waals surface area contributed by atoms with E-state index in [1.807, 2.05) is 0 Å². The molecule has 0 aromatic rings. The summed E-state index contributed by atoms with van der Waals surface area (Å²) in [5, 5.41) is 2.29. The third kappa shape index (κ3) is 1.71. The number of amides is 3. The van der Waals surface area contributed by atoms with Crippen LogP contribution in [0.5, 0.6) is 0 Å². The van der Waals surface area contributed by atoms with Crippen molar-refractivity contribution in [2.45, 2.75) is 6.42 Å². The molecule has 0 radical (unpaired) electrons. The Morgan fingerprint density at radius 3 is 2.73 bits per heavy atom. The molecule has 15 heavy (non-hydrogen) atoms. The molecule has 0 aliphatic carbocycles. The zero-order valence-electron chi connectivity index (χ0n) is 8.03. The van der Waals surface area contributed by atoms with Crippen LogP contribution < -0.4 is 5.32 Å². The average Bonchev–Trinajstić information content (AvgIpc) is 2.53. The molecule has 2 fully saturated rings. The van der Waals surface area contributed by atoms with Crippen LogP contribution in [0.2, 0.25) is 0 Å². The highest BCUT2D eigenvalue weighted by Crippen LogP contribution is 2.28. The molecule has 3 amide bonds. The molecule has 0 aromatic carbocycles. The third-order valence-electron chi connectivity index (χ3n) is 3.00. The minimum Gasteiger partial charge on any atom is -0.341 e. The molecule has 5 nitrogen and oxygen atoms in total. The van der Waals surface area contributed by atoms with Crippen LogP contribution >= 0.6 is 11.6 Å². The fraction of sp³-hybridized carbons (Fsp3) is 0.667. The lowest BCUT2D eigenvalue weighted by Gasteiger charge is -2.31. The molecule has 2 saturated heterocycles. The Kier molecular flexibility index (Phi) is 2.65. The van der Waals surface area contributed by atoms with Crippen LogP contribution in [0.15, 0.2) is 0 Å². The second kappa shape index (κ2) is 3.81. The second-order valence-corrected chi connectivity index (χ2v) is 4.10. The van der Waals surface area contributed by atoms with Gasteiger partial charge in [0.1, 0.15) is 5.88 Å². The molecule has 2 heterocycles. The molecule has 2 aliphatic rings. The lowest BCUT2D eigenvalue weighted by Crippen LogP contribution is -2.45. The number of hydrogen-bond acceptors (Lipinski definition) is 3. The van der Waals surface area contributed by atoms with Gasteiger partial charge < -0.3 is 4.90 Å². The molecule has 1 N–H and O–H groups in total. The van der Waals surface area contributed by atoms with Crippen LogP contribution in [0.3, 0.4) is 0 Å². The smallest absolute Gasteiger partial charge is 0.237 e. The number of carbonyl (C=O) groups is 3. The summed E-state index contributed by atoms with van der Waals surface area (Å²) < 4.78 is 0. The topological polar surface area (TPSA) is 66.5 Å². The molecule has 0 bridgehead atoms. The van der Waals surface area contributed by atoms with Crippen LogP contribution in [0, 0.1) is 11.8 Å². The summed E-state index contributed by atoms with van der Waals surface area (Å²) in [7, 11) is 0. The molecule has 82 valence electrons. The number of rotatable bonds is 1. The normalized spacial score (nSPS) is 30.1. The van der Waals surface area contributed by atoms with Crippen LogP contribution in [-0.4, -0.2) is 41.6 Å². The van der Waals surface area contributed by atoms with E-state index in [1.54, 1.807) is 4.90 Å². The lowest BCUT2D eigenvalue weighted by molar-refractivity contribution is -0.134. The van der Waals surface area contributed by atoms with Crippen molar-refractivity contribution < 1.29 is 14.4 Å². The fourth-order valence-electron chi connectivity index (χ4n) is 2.15. The van der Waals surface area contributed by atoms with Crippen molar-refractivity contribution in [1.82, 2.24) is 10.2 Å². The van der Waals surface area contributed by atoms with Gasteiger partial charge in [-0.1, -0.05) is 0 Å². The van der Waals surface area contributed by atoms with Crippen LogP contribution in [0.1, 0.15) is 6.42 Å². The van der Waals surface area contributed by atoms with E-state index in [4.69, 9.17) is 11.6 Å².